The van der Waals surface area contributed by atoms with Crippen molar-refractivity contribution in [3.8, 4) is 0 Å². The van der Waals surface area contributed by atoms with E-state index in [4.69, 9.17) is 16.3 Å². The Hall–Kier alpha value is -3.21. The molecular formula is C15H9ClF3N3O5. The second kappa shape index (κ2) is 7.99. The monoisotopic (exact) mass is 403 g/mol. The van der Waals surface area contributed by atoms with Crippen molar-refractivity contribution in [2.75, 3.05) is 11.9 Å². The summed E-state index contributed by atoms with van der Waals surface area (Å²) in [5, 5.41) is 13.0. The quantitative estimate of drug-likeness (QED) is 0.354. The van der Waals surface area contributed by atoms with Gasteiger partial charge in [-0.15, -0.1) is 0 Å². The van der Waals surface area contributed by atoms with Crippen molar-refractivity contribution in [1.29, 1.82) is 0 Å². The van der Waals surface area contributed by atoms with Gasteiger partial charge < -0.3 is 10.1 Å². The van der Waals surface area contributed by atoms with Crippen LogP contribution in [0.2, 0.25) is 5.15 Å². The third-order valence-corrected chi connectivity index (χ3v) is 3.30. The molecule has 0 saturated carbocycles. The Bertz CT molecular complexity index is 905. The molecule has 0 saturated heterocycles. The molecule has 12 heteroatoms. The highest BCUT2D eigenvalue weighted by atomic mass is 35.5. The van der Waals surface area contributed by atoms with Gasteiger partial charge in [0.15, 0.2) is 6.61 Å². The summed E-state index contributed by atoms with van der Waals surface area (Å²) in [5.41, 5.74) is -2.65. The van der Waals surface area contributed by atoms with Crippen LogP contribution in [-0.4, -0.2) is 28.4 Å². The number of amides is 1. The summed E-state index contributed by atoms with van der Waals surface area (Å²) in [6.45, 7) is -0.822. The average molecular weight is 404 g/mol. The zero-order chi connectivity index (χ0) is 20.2. The van der Waals surface area contributed by atoms with Crippen LogP contribution >= 0.6 is 11.6 Å². The third kappa shape index (κ3) is 5.38. The normalized spacial score (nSPS) is 11.0. The number of benzene rings is 1. The summed E-state index contributed by atoms with van der Waals surface area (Å²) in [5.74, 6) is -1.89. The molecule has 1 N–H and O–H groups in total. The van der Waals surface area contributed by atoms with Crippen molar-refractivity contribution in [2.24, 2.45) is 0 Å². The molecule has 0 unspecified atom stereocenters. The highest BCUT2D eigenvalue weighted by molar-refractivity contribution is 6.29. The number of anilines is 1. The minimum Gasteiger partial charge on any atom is -0.452 e. The van der Waals surface area contributed by atoms with E-state index in [9.17, 15) is 32.9 Å². The summed E-state index contributed by atoms with van der Waals surface area (Å²) in [6.07, 6.45) is -3.54. The molecule has 0 bridgehead atoms. The number of esters is 1. The number of nitrogens with zero attached hydrogens (tertiary/aromatic N) is 2. The number of nitro benzene ring substituents is 1. The molecule has 1 amide bonds. The van der Waals surface area contributed by atoms with Crippen molar-refractivity contribution < 1.29 is 32.4 Å². The van der Waals surface area contributed by atoms with Crippen molar-refractivity contribution in [2.45, 2.75) is 6.18 Å². The summed E-state index contributed by atoms with van der Waals surface area (Å²) in [4.78, 5) is 37.1. The summed E-state index contributed by atoms with van der Waals surface area (Å²) in [6, 6.07) is 4.09. The minimum atomic E-state index is -4.78. The topological polar surface area (TPSA) is 111 Å². The number of nitrogens with one attached hydrogen (secondary N) is 1. The van der Waals surface area contributed by atoms with Gasteiger partial charge in [-0.1, -0.05) is 11.6 Å². The second-order valence-corrected chi connectivity index (χ2v) is 5.37. The maximum absolute atomic E-state index is 12.6. The molecule has 0 aliphatic heterocycles. The van der Waals surface area contributed by atoms with E-state index in [-0.39, 0.29) is 10.7 Å². The van der Waals surface area contributed by atoms with Crippen LogP contribution < -0.4 is 5.32 Å². The van der Waals surface area contributed by atoms with Crippen molar-refractivity contribution in [3.63, 3.8) is 0 Å². The number of nitro groups is 1. The number of carbonyl (C=O) groups excluding carboxylic acids is 2. The first-order valence-electron chi connectivity index (χ1n) is 7.02. The molecule has 0 atom stereocenters. The Balaban J connectivity index is 2.07. The number of pyridine rings is 1. The molecule has 8 nitrogen and oxygen atoms in total. The van der Waals surface area contributed by atoms with Gasteiger partial charge in [0.2, 0.25) is 0 Å². The Kier molecular flexibility index (Phi) is 5.95. The fraction of sp³-hybridized carbons (Fsp3) is 0.133. The summed E-state index contributed by atoms with van der Waals surface area (Å²) < 4.78 is 42.6. The molecule has 1 heterocycles. The largest absolute Gasteiger partial charge is 0.452 e. The minimum absolute atomic E-state index is 0.0170. The lowest BCUT2D eigenvalue weighted by Crippen LogP contribution is -2.21. The van der Waals surface area contributed by atoms with Crippen LogP contribution in [0.1, 0.15) is 15.9 Å². The molecule has 1 aromatic carbocycles. The number of carbonyl (C=O) groups is 2. The van der Waals surface area contributed by atoms with Gasteiger partial charge in [-0.25, -0.2) is 9.78 Å². The molecule has 27 heavy (non-hydrogen) atoms. The fourth-order valence-corrected chi connectivity index (χ4v) is 2.07. The number of ether oxygens (including phenoxy) is 1. The van der Waals surface area contributed by atoms with Gasteiger partial charge in [0.1, 0.15) is 10.8 Å². The van der Waals surface area contributed by atoms with Crippen molar-refractivity contribution in [3.05, 3.63) is 62.9 Å². The van der Waals surface area contributed by atoms with Gasteiger partial charge >= 0.3 is 12.1 Å². The van der Waals surface area contributed by atoms with Crippen LogP contribution in [0.4, 0.5) is 24.5 Å². The lowest BCUT2D eigenvalue weighted by atomic mass is 10.1. The van der Waals surface area contributed by atoms with Crippen LogP contribution in [-0.2, 0) is 15.7 Å². The lowest BCUT2D eigenvalue weighted by Gasteiger charge is -2.10. The maximum Gasteiger partial charge on any atom is 0.416 e. The SMILES string of the molecule is O=C(COC(=O)c1ccnc(Cl)c1)Nc1ccc(C(F)(F)F)cc1[N+](=O)[O-]. The Morgan fingerprint density at radius 1 is 1.26 bits per heavy atom. The fourth-order valence-electron chi connectivity index (χ4n) is 1.89. The molecule has 0 fully saturated rings. The number of hydrogen-bond donors (Lipinski definition) is 1. The molecule has 1 aromatic heterocycles. The lowest BCUT2D eigenvalue weighted by molar-refractivity contribution is -0.384. The zero-order valence-corrected chi connectivity index (χ0v) is 13.9. The molecule has 0 spiro atoms. The number of alkyl halides is 3. The van der Waals surface area contributed by atoms with Crippen LogP contribution in [0.25, 0.3) is 0 Å². The standard InChI is InChI=1S/C15H9ClF3N3O5/c16-12-5-8(3-4-20-12)14(24)27-7-13(23)21-10-2-1-9(15(17,18)19)6-11(10)22(25)26/h1-6H,7H2,(H,21,23). The Labute approximate surface area is 154 Å². The first-order chi connectivity index (χ1) is 12.6. The molecule has 0 aliphatic carbocycles. The van der Waals surface area contributed by atoms with E-state index in [2.05, 4.69) is 4.98 Å². The van der Waals surface area contributed by atoms with Gasteiger partial charge in [0.25, 0.3) is 11.6 Å². The predicted molar refractivity (Wildman–Crippen MR) is 86.3 cm³/mol. The molecule has 142 valence electrons. The smallest absolute Gasteiger partial charge is 0.416 e. The van der Waals surface area contributed by atoms with E-state index in [1.54, 1.807) is 0 Å². The van der Waals surface area contributed by atoms with E-state index in [1.807, 2.05) is 5.32 Å². The number of hydrogen-bond acceptors (Lipinski definition) is 6. The van der Waals surface area contributed by atoms with Crippen LogP contribution in [0.3, 0.4) is 0 Å². The van der Waals surface area contributed by atoms with Crippen molar-refractivity contribution in [1.82, 2.24) is 4.98 Å². The van der Waals surface area contributed by atoms with Crippen LogP contribution in [0.5, 0.6) is 0 Å². The number of rotatable bonds is 5. The number of halogens is 4. The maximum atomic E-state index is 12.6. The van der Waals surface area contributed by atoms with Gasteiger partial charge in [0, 0.05) is 12.3 Å². The number of aromatic nitrogens is 1. The van der Waals surface area contributed by atoms with Gasteiger partial charge in [0.05, 0.1) is 16.1 Å². The van der Waals surface area contributed by atoms with E-state index < -0.39 is 46.5 Å². The van der Waals surface area contributed by atoms with E-state index in [0.29, 0.717) is 12.1 Å². The Morgan fingerprint density at radius 3 is 2.56 bits per heavy atom. The van der Waals surface area contributed by atoms with E-state index in [1.165, 1.54) is 18.3 Å². The zero-order valence-electron chi connectivity index (χ0n) is 13.1. The third-order valence-electron chi connectivity index (χ3n) is 3.09. The van der Waals surface area contributed by atoms with Crippen LogP contribution in [0, 0.1) is 10.1 Å². The molecular weight excluding hydrogens is 395 g/mol. The first kappa shape index (κ1) is 20.1. The van der Waals surface area contributed by atoms with Gasteiger partial charge in [-0.05, 0) is 24.3 Å². The summed E-state index contributed by atoms with van der Waals surface area (Å²) in [7, 11) is 0. The first-order valence-corrected chi connectivity index (χ1v) is 7.40. The molecule has 0 aliphatic rings. The van der Waals surface area contributed by atoms with E-state index >= 15 is 0 Å². The molecule has 0 radical (unpaired) electrons. The average Bonchev–Trinajstić information content (AvgIpc) is 2.58. The molecule has 2 aromatic rings. The van der Waals surface area contributed by atoms with E-state index in [0.717, 1.165) is 6.07 Å². The summed E-state index contributed by atoms with van der Waals surface area (Å²) >= 11 is 5.61. The van der Waals surface area contributed by atoms with Crippen LogP contribution in [0.15, 0.2) is 36.5 Å². The van der Waals surface area contributed by atoms with Gasteiger partial charge in [-0.3, -0.25) is 14.9 Å². The second-order valence-electron chi connectivity index (χ2n) is 4.98. The Morgan fingerprint density at radius 2 is 1.96 bits per heavy atom. The highest BCUT2D eigenvalue weighted by Crippen LogP contribution is 2.34. The molecule has 2 rings (SSSR count). The highest BCUT2D eigenvalue weighted by Gasteiger charge is 2.33. The van der Waals surface area contributed by atoms with Crippen molar-refractivity contribution >= 4 is 34.9 Å². The van der Waals surface area contributed by atoms with Gasteiger partial charge in [-0.2, -0.15) is 13.2 Å². The predicted octanol–water partition coefficient (Wildman–Crippen LogP) is 3.46.